The number of benzene rings is 1. The summed E-state index contributed by atoms with van der Waals surface area (Å²) in [5.74, 6) is -0.551. The molecule has 0 atom stereocenters. The highest BCUT2D eigenvalue weighted by molar-refractivity contribution is 9.10. The van der Waals surface area contributed by atoms with E-state index in [2.05, 4.69) is 25.8 Å². The lowest BCUT2D eigenvalue weighted by Crippen LogP contribution is -2.14. The fourth-order valence-electron chi connectivity index (χ4n) is 1.74. The Morgan fingerprint density at radius 2 is 2.19 bits per heavy atom. The number of aryl methyl sites for hydroxylation is 1. The first-order valence-electron chi connectivity index (χ1n) is 6.14. The highest BCUT2D eigenvalue weighted by Crippen LogP contribution is 2.24. The van der Waals surface area contributed by atoms with E-state index < -0.39 is 15.8 Å². The zero-order valence-corrected chi connectivity index (χ0v) is 13.6. The molecule has 0 saturated carbocycles. The molecule has 0 saturated heterocycles. The summed E-state index contributed by atoms with van der Waals surface area (Å²) in [6, 6.07) is 3.82. The van der Waals surface area contributed by atoms with Gasteiger partial charge in [0.1, 0.15) is 10.7 Å². The van der Waals surface area contributed by atoms with Crippen molar-refractivity contribution in [3.63, 3.8) is 0 Å². The average molecular weight is 377 g/mol. The number of hydrogen-bond donors (Lipinski definition) is 2. The van der Waals surface area contributed by atoms with E-state index in [9.17, 15) is 12.8 Å². The largest absolute Gasteiger partial charge is 0.381 e. The molecule has 0 aliphatic rings. The number of nitrogens with one attached hydrogen (secondary N) is 1. The first kappa shape index (κ1) is 15.8. The minimum absolute atomic E-state index is 0.0721. The van der Waals surface area contributed by atoms with Crippen molar-refractivity contribution in [1.29, 1.82) is 0 Å². The standard InChI is InChI=1S/C12H14BrFN4O2S/c1-2-5-18-7-11(12(15)16-18)21(19,20)17-8-3-4-10(14)9(13)6-8/h3-4,6-7,17H,2,5H2,1H3,(H2,15,16). The number of nitrogen functional groups attached to an aromatic ring is 1. The summed E-state index contributed by atoms with van der Waals surface area (Å²) in [6.45, 7) is 2.52. The second kappa shape index (κ2) is 6.02. The maximum absolute atomic E-state index is 13.1. The van der Waals surface area contributed by atoms with Gasteiger partial charge in [0.2, 0.25) is 0 Å². The van der Waals surface area contributed by atoms with Crippen LogP contribution >= 0.6 is 15.9 Å². The Labute approximate surface area is 130 Å². The first-order chi connectivity index (χ1) is 9.83. The van der Waals surface area contributed by atoms with Crippen LogP contribution in [0.3, 0.4) is 0 Å². The maximum Gasteiger partial charge on any atom is 0.267 e. The van der Waals surface area contributed by atoms with Crippen molar-refractivity contribution in [1.82, 2.24) is 9.78 Å². The molecule has 6 nitrogen and oxygen atoms in total. The molecule has 1 aromatic carbocycles. The Hall–Kier alpha value is -1.61. The van der Waals surface area contributed by atoms with Gasteiger partial charge in [0.25, 0.3) is 10.0 Å². The van der Waals surface area contributed by atoms with E-state index in [1.165, 1.54) is 23.0 Å². The second-order valence-electron chi connectivity index (χ2n) is 4.38. The molecule has 0 bridgehead atoms. The van der Waals surface area contributed by atoms with E-state index in [0.29, 0.717) is 6.54 Å². The van der Waals surface area contributed by atoms with Crippen LogP contribution in [0, 0.1) is 5.82 Å². The van der Waals surface area contributed by atoms with E-state index in [-0.39, 0.29) is 20.9 Å². The third kappa shape index (κ3) is 3.53. The van der Waals surface area contributed by atoms with Crippen LogP contribution in [-0.4, -0.2) is 18.2 Å². The fourth-order valence-corrected chi connectivity index (χ4v) is 3.24. The van der Waals surface area contributed by atoms with E-state index in [0.717, 1.165) is 12.5 Å². The molecule has 9 heteroatoms. The molecular weight excluding hydrogens is 363 g/mol. The van der Waals surface area contributed by atoms with Crippen molar-refractivity contribution >= 4 is 37.5 Å². The maximum atomic E-state index is 13.1. The van der Waals surface area contributed by atoms with Gasteiger partial charge in [0.05, 0.1) is 10.2 Å². The summed E-state index contributed by atoms with van der Waals surface area (Å²) in [4.78, 5) is -0.101. The van der Waals surface area contributed by atoms with Crippen molar-refractivity contribution in [2.24, 2.45) is 0 Å². The number of nitrogens with two attached hydrogens (primary N) is 1. The molecule has 2 rings (SSSR count). The quantitative estimate of drug-likeness (QED) is 0.838. The smallest absolute Gasteiger partial charge is 0.267 e. The lowest BCUT2D eigenvalue weighted by Gasteiger charge is -2.07. The Kier molecular flexibility index (Phi) is 4.52. The lowest BCUT2D eigenvalue weighted by molar-refractivity contribution is 0.595. The molecular formula is C12H14BrFN4O2S. The number of sulfonamides is 1. The van der Waals surface area contributed by atoms with Crippen LogP contribution in [0.4, 0.5) is 15.9 Å². The van der Waals surface area contributed by atoms with Gasteiger partial charge in [-0.25, -0.2) is 12.8 Å². The van der Waals surface area contributed by atoms with E-state index in [1.807, 2.05) is 6.92 Å². The van der Waals surface area contributed by atoms with Crippen LogP contribution < -0.4 is 10.5 Å². The second-order valence-corrected chi connectivity index (χ2v) is 6.88. The lowest BCUT2D eigenvalue weighted by atomic mass is 10.3. The first-order valence-corrected chi connectivity index (χ1v) is 8.42. The Balaban J connectivity index is 2.31. The van der Waals surface area contributed by atoms with Crippen molar-refractivity contribution in [3.8, 4) is 0 Å². The average Bonchev–Trinajstić information content (AvgIpc) is 2.76. The molecule has 1 heterocycles. The van der Waals surface area contributed by atoms with Gasteiger partial charge in [-0.1, -0.05) is 6.92 Å². The topological polar surface area (TPSA) is 90.0 Å². The molecule has 0 unspecified atom stereocenters. The van der Waals surface area contributed by atoms with E-state index in [1.54, 1.807) is 0 Å². The molecule has 0 aliphatic heterocycles. The SMILES string of the molecule is CCCn1cc(S(=O)(=O)Nc2ccc(F)c(Br)c2)c(N)n1. The molecule has 0 radical (unpaired) electrons. The molecule has 114 valence electrons. The highest BCUT2D eigenvalue weighted by atomic mass is 79.9. The van der Waals surface area contributed by atoms with Crippen molar-refractivity contribution in [2.45, 2.75) is 24.8 Å². The van der Waals surface area contributed by atoms with E-state index in [4.69, 9.17) is 5.73 Å². The summed E-state index contributed by atoms with van der Waals surface area (Å²) in [6.07, 6.45) is 2.18. The summed E-state index contributed by atoms with van der Waals surface area (Å²) in [5, 5.41) is 3.95. The van der Waals surface area contributed by atoms with Gasteiger partial charge in [-0.15, -0.1) is 0 Å². The normalized spacial score (nSPS) is 11.6. The number of aromatic nitrogens is 2. The Morgan fingerprint density at radius 1 is 1.48 bits per heavy atom. The Morgan fingerprint density at radius 3 is 2.81 bits per heavy atom. The number of rotatable bonds is 5. The summed E-state index contributed by atoms with van der Waals surface area (Å²) >= 11 is 3.00. The fraction of sp³-hybridized carbons (Fsp3) is 0.250. The number of halogens is 2. The van der Waals surface area contributed by atoms with Crippen molar-refractivity contribution < 1.29 is 12.8 Å². The number of nitrogens with zero attached hydrogens (tertiary/aromatic N) is 2. The molecule has 0 aliphatic carbocycles. The Bertz CT molecular complexity index is 761. The zero-order valence-electron chi connectivity index (χ0n) is 11.2. The molecule has 0 fully saturated rings. The van der Waals surface area contributed by atoms with Crippen LogP contribution in [0.15, 0.2) is 33.8 Å². The van der Waals surface area contributed by atoms with Crippen molar-refractivity contribution in [3.05, 3.63) is 34.7 Å². The van der Waals surface area contributed by atoms with Gasteiger partial charge in [-0.05, 0) is 40.5 Å². The van der Waals surface area contributed by atoms with Crippen molar-refractivity contribution in [2.75, 3.05) is 10.5 Å². The van der Waals surface area contributed by atoms with Gasteiger partial charge in [-0.2, -0.15) is 5.10 Å². The van der Waals surface area contributed by atoms with Crippen LogP contribution in [0.1, 0.15) is 13.3 Å². The zero-order chi connectivity index (χ0) is 15.6. The monoisotopic (exact) mass is 376 g/mol. The predicted molar refractivity (Wildman–Crippen MR) is 81.8 cm³/mol. The number of hydrogen-bond acceptors (Lipinski definition) is 4. The molecule has 3 N–H and O–H groups in total. The molecule has 1 aromatic heterocycles. The van der Waals surface area contributed by atoms with Gasteiger partial charge >= 0.3 is 0 Å². The van der Waals surface area contributed by atoms with Crippen LogP contribution in [0.25, 0.3) is 0 Å². The highest BCUT2D eigenvalue weighted by Gasteiger charge is 2.21. The minimum atomic E-state index is -3.87. The molecule has 2 aromatic rings. The molecule has 21 heavy (non-hydrogen) atoms. The predicted octanol–water partition coefficient (Wildman–Crippen LogP) is 2.58. The van der Waals surface area contributed by atoms with Crippen LogP contribution in [0.5, 0.6) is 0 Å². The summed E-state index contributed by atoms with van der Waals surface area (Å²) in [7, 11) is -3.87. The van der Waals surface area contributed by atoms with E-state index >= 15 is 0 Å². The minimum Gasteiger partial charge on any atom is -0.381 e. The van der Waals surface area contributed by atoms with Crippen LogP contribution in [-0.2, 0) is 16.6 Å². The van der Waals surface area contributed by atoms with Crippen LogP contribution in [0.2, 0.25) is 0 Å². The van der Waals surface area contributed by atoms with Gasteiger partial charge < -0.3 is 5.73 Å². The number of anilines is 2. The van der Waals surface area contributed by atoms with Gasteiger partial charge in [0, 0.05) is 12.7 Å². The van der Waals surface area contributed by atoms with Gasteiger partial charge in [-0.3, -0.25) is 9.40 Å². The third-order valence-corrected chi connectivity index (χ3v) is 4.67. The molecule has 0 amide bonds. The molecule has 0 spiro atoms. The third-order valence-electron chi connectivity index (χ3n) is 2.67. The van der Waals surface area contributed by atoms with Gasteiger partial charge in [0.15, 0.2) is 5.82 Å². The summed E-state index contributed by atoms with van der Waals surface area (Å²) < 4.78 is 41.7. The summed E-state index contributed by atoms with van der Waals surface area (Å²) in [5.41, 5.74) is 5.87.